The van der Waals surface area contributed by atoms with Gasteiger partial charge in [-0.1, -0.05) is 6.92 Å². The number of aryl methyl sites for hydroxylation is 2. The number of furan rings is 1. The molecule has 1 saturated heterocycles. The maximum absolute atomic E-state index is 12.8. The molecule has 0 spiro atoms. The van der Waals surface area contributed by atoms with Gasteiger partial charge in [-0.3, -0.25) is 14.3 Å². The number of fused-ring (bicyclic) bond motifs is 3. The third-order valence-electron chi connectivity index (χ3n) is 5.38. The Kier molecular flexibility index (Phi) is 4.76. The van der Waals surface area contributed by atoms with Gasteiger partial charge in [-0.05, 0) is 38.2 Å². The lowest BCUT2D eigenvalue weighted by atomic mass is 9.93. The number of nitrogens with one attached hydrogen (secondary N) is 1. The number of hydrogen-bond donors (Lipinski definition) is 1. The van der Waals surface area contributed by atoms with E-state index in [1.165, 1.54) is 0 Å². The monoisotopic (exact) mass is 370 g/mol. The van der Waals surface area contributed by atoms with E-state index >= 15 is 0 Å². The molecule has 1 aliphatic carbocycles. The third-order valence-corrected chi connectivity index (χ3v) is 5.38. The van der Waals surface area contributed by atoms with E-state index in [4.69, 9.17) is 4.42 Å². The summed E-state index contributed by atoms with van der Waals surface area (Å²) in [5.41, 5.74) is 3.76. The fourth-order valence-electron chi connectivity index (χ4n) is 3.98. The fraction of sp³-hybridized carbons (Fsp3) is 0.550. The molecule has 3 heterocycles. The van der Waals surface area contributed by atoms with Crippen molar-refractivity contribution in [3.8, 4) is 11.3 Å². The molecule has 2 aromatic rings. The summed E-state index contributed by atoms with van der Waals surface area (Å²) in [5, 5.41) is 7.52. The number of amides is 2. The summed E-state index contributed by atoms with van der Waals surface area (Å²) in [6, 6.07) is 0. The van der Waals surface area contributed by atoms with Gasteiger partial charge in [0.2, 0.25) is 5.91 Å². The van der Waals surface area contributed by atoms with Crippen molar-refractivity contribution in [2.75, 3.05) is 19.6 Å². The predicted octanol–water partition coefficient (Wildman–Crippen LogP) is 2.31. The minimum absolute atomic E-state index is 0.0145. The first kappa shape index (κ1) is 17.8. The molecule has 1 aliphatic heterocycles. The van der Waals surface area contributed by atoms with Crippen LogP contribution in [0.1, 0.15) is 53.6 Å². The number of nitrogens with zero attached hydrogens (tertiary/aromatic N) is 3. The Morgan fingerprint density at radius 2 is 2.04 bits per heavy atom. The maximum atomic E-state index is 12.8. The molecule has 2 aliphatic rings. The molecule has 1 N–H and O–H groups in total. The van der Waals surface area contributed by atoms with Crippen LogP contribution in [0.4, 0.5) is 0 Å². The van der Waals surface area contributed by atoms with Crippen molar-refractivity contribution in [3.05, 3.63) is 28.8 Å². The quantitative estimate of drug-likeness (QED) is 0.876. The molecule has 0 saturated carbocycles. The number of hydrogen-bond acceptors (Lipinski definition) is 4. The lowest BCUT2D eigenvalue weighted by Gasteiger charge is -2.13. The first-order valence-electron chi connectivity index (χ1n) is 9.83. The fourth-order valence-corrected chi connectivity index (χ4v) is 3.98. The summed E-state index contributed by atoms with van der Waals surface area (Å²) in [6.45, 7) is 6.45. The Balaban J connectivity index is 1.61. The lowest BCUT2D eigenvalue weighted by molar-refractivity contribution is -0.121. The van der Waals surface area contributed by atoms with Crippen molar-refractivity contribution in [2.24, 2.45) is 0 Å². The Bertz CT molecular complexity index is 874. The number of aromatic nitrogens is 2. The van der Waals surface area contributed by atoms with Crippen LogP contribution in [0.3, 0.4) is 0 Å². The second-order valence-electron chi connectivity index (χ2n) is 7.40. The van der Waals surface area contributed by atoms with Crippen molar-refractivity contribution < 1.29 is 14.0 Å². The van der Waals surface area contributed by atoms with Crippen LogP contribution in [0.15, 0.2) is 10.6 Å². The van der Waals surface area contributed by atoms with Crippen molar-refractivity contribution >= 4 is 11.8 Å². The van der Waals surface area contributed by atoms with Crippen molar-refractivity contribution in [1.82, 2.24) is 20.0 Å². The highest BCUT2D eigenvalue weighted by molar-refractivity contribution is 5.95. The van der Waals surface area contributed by atoms with Gasteiger partial charge in [0, 0.05) is 43.4 Å². The van der Waals surface area contributed by atoms with Crippen LogP contribution in [-0.4, -0.2) is 46.1 Å². The van der Waals surface area contributed by atoms with E-state index in [0.29, 0.717) is 12.3 Å². The van der Waals surface area contributed by atoms with Crippen LogP contribution in [-0.2, 0) is 24.2 Å². The third kappa shape index (κ3) is 3.26. The SMILES string of the molecule is CCCNC(=O)Cn1cc2c(n1)-c1c(oc(C(=O)N3CCCC3)c1C)CC2. The summed E-state index contributed by atoms with van der Waals surface area (Å²) in [4.78, 5) is 26.7. The normalized spacial score (nSPS) is 15.6. The van der Waals surface area contributed by atoms with Crippen LogP contribution in [0.2, 0.25) is 0 Å². The first-order chi connectivity index (χ1) is 13.1. The molecular formula is C20H26N4O3. The van der Waals surface area contributed by atoms with Crippen LogP contribution >= 0.6 is 0 Å². The number of rotatable bonds is 5. The molecule has 4 rings (SSSR count). The Hall–Kier alpha value is -2.57. The molecule has 0 radical (unpaired) electrons. The van der Waals surface area contributed by atoms with Gasteiger partial charge in [0.25, 0.3) is 5.91 Å². The molecule has 0 atom stereocenters. The number of likely N-dealkylation sites (tertiary alicyclic amines) is 1. The molecule has 0 unspecified atom stereocenters. The van der Waals surface area contributed by atoms with Gasteiger partial charge < -0.3 is 14.6 Å². The zero-order chi connectivity index (χ0) is 19.0. The van der Waals surface area contributed by atoms with E-state index in [-0.39, 0.29) is 18.4 Å². The average Bonchev–Trinajstić information content (AvgIpc) is 3.37. The standard InChI is InChI=1S/C20H26N4O3/c1-3-8-21-16(25)12-24-11-14-6-7-15-17(18(14)22-24)13(2)19(27-15)20(26)23-9-4-5-10-23/h11H,3-10,12H2,1-2H3,(H,21,25). The molecule has 0 aromatic carbocycles. The molecule has 27 heavy (non-hydrogen) atoms. The van der Waals surface area contributed by atoms with Gasteiger partial charge in [-0.25, -0.2) is 0 Å². The Morgan fingerprint density at radius 1 is 1.26 bits per heavy atom. The van der Waals surface area contributed by atoms with E-state index in [1.807, 2.05) is 24.9 Å². The van der Waals surface area contributed by atoms with E-state index < -0.39 is 0 Å². The van der Waals surface area contributed by atoms with E-state index in [2.05, 4.69) is 10.4 Å². The second kappa shape index (κ2) is 7.21. The van der Waals surface area contributed by atoms with Crippen molar-refractivity contribution in [1.29, 1.82) is 0 Å². The Labute approximate surface area is 158 Å². The largest absolute Gasteiger partial charge is 0.455 e. The maximum Gasteiger partial charge on any atom is 0.289 e. The molecule has 7 heteroatoms. The predicted molar refractivity (Wildman–Crippen MR) is 101 cm³/mol. The topological polar surface area (TPSA) is 80.4 Å². The summed E-state index contributed by atoms with van der Waals surface area (Å²) in [7, 11) is 0. The Morgan fingerprint density at radius 3 is 2.78 bits per heavy atom. The molecule has 2 aromatic heterocycles. The molecule has 144 valence electrons. The van der Waals surface area contributed by atoms with Crippen molar-refractivity contribution in [2.45, 2.75) is 52.5 Å². The average molecular weight is 370 g/mol. The first-order valence-corrected chi connectivity index (χ1v) is 9.83. The molecule has 7 nitrogen and oxygen atoms in total. The van der Waals surface area contributed by atoms with Crippen molar-refractivity contribution in [3.63, 3.8) is 0 Å². The van der Waals surface area contributed by atoms with E-state index in [1.54, 1.807) is 4.68 Å². The highest BCUT2D eigenvalue weighted by Gasteiger charge is 2.32. The van der Waals surface area contributed by atoms with Gasteiger partial charge >= 0.3 is 0 Å². The van der Waals surface area contributed by atoms with E-state index in [0.717, 1.165) is 73.3 Å². The molecule has 0 bridgehead atoms. The van der Waals surface area contributed by atoms with Crippen LogP contribution in [0.5, 0.6) is 0 Å². The second-order valence-corrected chi connectivity index (χ2v) is 7.40. The van der Waals surface area contributed by atoms with Gasteiger partial charge in [0.1, 0.15) is 12.3 Å². The van der Waals surface area contributed by atoms with Crippen LogP contribution in [0, 0.1) is 6.92 Å². The van der Waals surface area contributed by atoms with Crippen LogP contribution in [0.25, 0.3) is 11.3 Å². The zero-order valence-corrected chi connectivity index (χ0v) is 16.0. The van der Waals surface area contributed by atoms with Gasteiger partial charge in [-0.15, -0.1) is 0 Å². The smallest absolute Gasteiger partial charge is 0.289 e. The molecule has 2 amide bonds. The highest BCUT2D eigenvalue weighted by atomic mass is 16.4. The summed E-state index contributed by atoms with van der Waals surface area (Å²) in [5.74, 6) is 1.23. The van der Waals surface area contributed by atoms with Gasteiger partial charge in [0.15, 0.2) is 5.76 Å². The highest BCUT2D eigenvalue weighted by Crippen LogP contribution is 2.38. The minimum Gasteiger partial charge on any atom is -0.455 e. The van der Waals surface area contributed by atoms with Crippen LogP contribution < -0.4 is 5.32 Å². The summed E-state index contributed by atoms with van der Waals surface area (Å²) in [6.07, 6.45) is 6.53. The number of carbonyl (C=O) groups is 2. The minimum atomic E-state index is -0.0364. The van der Waals surface area contributed by atoms with Gasteiger partial charge in [-0.2, -0.15) is 5.10 Å². The summed E-state index contributed by atoms with van der Waals surface area (Å²) >= 11 is 0. The van der Waals surface area contributed by atoms with Gasteiger partial charge in [0.05, 0.1) is 5.69 Å². The summed E-state index contributed by atoms with van der Waals surface area (Å²) < 4.78 is 7.69. The number of carbonyl (C=O) groups excluding carboxylic acids is 2. The zero-order valence-electron chi connectivity index (χ0n) is 16.0. The van der Waals surface area contributed by atoms with E-state index in [9.17, 15) is 9.59 Å². The molecule has 1 fully saturated rings. The lowest BCUT2D eigenvalue weighted by Crippen LogP contribution is -2.28. The molecular weight excluding hydrogens is 344 g/mol.